The first-order valence-electron chi connectivity index (χ1n) is 7.57. The molecule has 0 saturated heterocycles. The second kappa shape index (κ2) is 7.66. The largest absolute Gasteiger partial charge is 0.384 e. The minimum absolute atomic E-state index is 0.608. The third kappa shape index (κ3) is 4.63. The van der Waals surface area contributed by atoms with Crippen LogP contribution in [0.3, 0.4) is 0 Å². The molecule has 0 aliphatic heterocycles. The van der Waals surface area contributed by atoms with Crippen LogP contribution in [0.5, 0.6) is 0 Å². The number of nitrogens with one attached hydrogen (secondary N) is 1. The van der Waals surface area contributed by atoms with Crippen molar-refractivity contribution in [3.8, 4) is 0 Å². The molecule has 1 N–H and O–H groups in total. The molecule has 1 aliphatic carbocycles. The lowest BCUT2D eigenvalue weighted by atomic mass is 9.81. The van der Waals surface area contributed by atoms with Crippen molar-refractivity contribution in [2.24, 2.45) is 5.92 Å². The Bertz CT molecular complexity index is 344. The van der Waals surface area contributed by atoms with Crippen molar-refractivity contribution in [3.05, 3.63) is 35.9 Å². The highest BCUT2D eigenvalue weighted by molar-refractivity contribution is 5.20. The molecule has 0 spiro atoms. The SMILES string of the molecule is COCC(C)CNC1CCC(c2ccccc2)CC1. The number of ether oxygens (including phenoxy) is 1. The normalized spacial score (nSPS) is 25.2. The molecule has 0 amide bonds. The summed E-state index contributed by atoms with van der Waals surface area (Å²) >= 11 is 0. The molecule has 1 aliphatic rings. The minimum Gasteiger partial charge on any atom is -0.384 e. The van der Waals surface area contributed by atoms with Crippen molar-refractivity contribution in [2.45, 2.75) is 44.6 Å². The lowest BCUT2D eigenvalue weighted by Gasteiger charge is -2.30. The lowest BCUT2D eigenvalue weighted by Crippen LogP contribution is -2.36. The molecule has 1 fully saturated rings. The molecule has 1 aromatic carbocycles. The predicted molar refractivity (Wildman–Crippen MR) is 80.5 cm³/mol. The first kappa shape index (κ1) is 14.5. The van der Waals surface area contributed by atoms with Gasteiger partial charge >= 0.3 is 0 Å². The summed E-state index contributed by atoms with van der Waals surface area (Å²) in [4.78, 5) is 0. The Labute approximate surface area is 117 Å². The average Bonchev–Trinajstić information content (AvgIpc) is 2.47. The summed E-state index contributed by atoms with van der Waals surface area (Å²) in [5.74, 6) is 1.38. The van der Waals surface area contributed by atoms with Crippen molar-refractivity contribution in [2.75, 3.05) is 20.3 Å². The summed E-state index contributed by atoms with van der Waals surface area (Å²) < 4.78 is 5.18. The van der Waals surface area contributed by atoms with Crippen molar-refractivity contribution in [1.29, 1.82) is 0 Å². The maximum atomic E-state index is 5.18. The lowest BCUT2D eigenvalue weighted by molar-refractivity contribution is 0.155. The zero-order chi connectivity index (χ0) is 13.5. The van der Waals surface area contributed by atoms with Gasteiger partial charge in [0.2, 0.25) is 0 Å². The van der Waals surface area contributed by atoms with Gasteiger partial charge < -0.3 is 10.1 Å². The van der Waals surface area contributed by atoms with E-state index in [9.17, 15) is 0 Å². The maximum Gasteiger partial charge on any atom is 0.0499 e. The van der Waals surface area contributed by atoms with E-state index in [1.165, 1.54) is 31.2 Å². The van der Waals surface area contributed by atoms with Crippen LogP contribution in [-0.2, 0) is 4.74 Å². The Kier molecular flexibility index (Phi) is 5.87. The Morgan fingerprint density at radius 2 is 1.84 bits per heavy atom. The van der Waals surface area contributed by atoms with Gasteiger partial charge in [0.25, 0.3) is 0 Å². The van der Waals surface area contributed by atoms with Gasteiger partial charge in [-0.2, -0.15) is 0 Å². The zero-order valence-electron chi connectivity index (χ0n) is 12.3. The van der Waals surface area contributed by atoms with Gasteiger partial charge in [0, 0.05) is 26.3 Å². The van der Waals surface area contributed by atoms with Crippen molar-refractivity contribution < 1.29 is 4.74 Å². The van der Waals surface area contributed by atoms with Gasteiger partial charge in [0.1, 0.15) is 0 Å². The predicted octanol–water partition coefficient (Wildman–Crippen LogP) is 3.58. The van der Waals surface area contributed by atoms with E-state index in [0.29, 0.717) is 12.0 Å². The molecule has 0 bridgehead atoms. The highest BCUT2D eigenvalue weighted by atomic mass is 16.5. The van der Waals surface area contributed by atoms with Gasteiger partial charge in [0.15, 0.2) is 0 Å². The maximum absolute atomic E-state index is 5.18. The molecule has 1 saturated carbocycles. The van der Waals surface area contributed by atoms with Gasteiger partial charge in [-0.1, -0.05) is 37.3 Å². The van der Waals surface area contributed by atoms with E-state index < -0.39 is 0 Å². The minimum atomic E-state index is 0.608. The fraction of sp³-hybridized carbons (Fsp3) is 0.647. The monoisotopic (exact) mass is 261 g/mol. The van der Waals surface area contributed by atoms with E-state index in [4.69, 9.17) is 4.74 Å². The number of rotatable bonds is 6. The highest BCUT2D eigenvalue weighted by Gasteiger charge is 2.22. The highest BCUT2D eigenvalue weighted by Crippen LogP contribution is 2.32. The fourth-order valence-corrected chi connectivity index (χ4v) is 3.07. The molecular weight excluding hydrogens is 234 g/mol. The van der Waals surface area contributed by atoms with Gasteiger partial charge in [-0.05, 0) is 43.1 Å². The summed E-state index contributed by atoms with van der Waals surface area (Å²) in [6.07, 6.45) is 5.25. The number of hydrogen-bond donors (Lipinski definition) is 1. The topological polar surface area (TPSA) is 21.3 Å². The molecule has 1 aromatic rings. The van der Waals surface area contributed by atoms with Crippen LogP contribution in [0.4, 0.5) is 0 Å². The zero-order valence-corrected chi connectivity index (χ0v) is 12.3. The molecular formula is C17H27NO. The molecule has 0 radical (unpaired) electrons. The molecule has 2 rings (SSSR count). The smallest absolute Gasteiger partial charge is 0.0499 e. The molecule has 1 atom stereocenters. The molecule has 0 heterocycles. The Morgan fingerprint density at radius 3 is 2.47 bits per heavy atom. The van der Waals surface area contributed by atoms with Crippen LogP contribution in [0.1, 0.15) is 44.1 Å². The van der Waals surface area contributed by atoms with Crippen LogP contribution >= 0.6 is 0 Å². The molecule has 1 unspecified atom stereocenters. The first-order valence-corrected chi connectivity index (χ1v) is 7.57. The average molecular weight is 261 g/mol. The second-order valence-corrected chi connectivity index (χ2v) is 5.93. The van der Waals surface area contributed by atoms with E-state index in [2.05, 4.69) is 42.6 Å². The quantitative estimate of drug-likeness (QED) is 0.845. The summed E-state index contributed by atoms with van der Waals surface area (Å²) in [5, 5.41) is 3.70. The standard InChI is InChI=1S/C17H27NO/c1-14(13-19-2)12-18-17-10-8-16(9-11-17)15-6-4-3-5-7-15/h3-7,14,16-18H,8-13H2,1-2H3. The van der Waals surface area contributed by atoms with Gasteiger partial charge in [-0.15, -0.1) is 0 Å². The van der Waals surface area contributed by atoms with Crippen LogP contribution in [0, 0.1) is 5.92 Å². The molecule has 106 valence electrons. The van der Waals surface area contributed by atoms with E-state index in [1.54, 1.807) is 7.11 Å². The van der Waals surface area contributed by atoms with Crippen molar-refractivity contribution in [3.63, 3.8) is 0 Å². The molecule has 2 heteroatoms. The third-order valence-corrected chi connectivity index (χ3v) is 4.20. The summed E-state index contributed by atoms with van der Waals surface area (Å²) in [7, 11) is 1.78. The van der Waals surface area contributed by atoms with Crippen LogP contribution in [-0.4, -0.2) is 26.3 Å². The van der Waals surface area contributed by atoms with Crippen molar-refractivity contribution >= 4 is 0 Å². The number of hydrogen-bond acceptors (Lipinski definition) is 2. The van der Waals surface area contributed by atoms with Gasteiger partial charge in [0.05, 0.1) is 0 Å². The summed E-state index contributed by atoms with van der Waals surface area (Å²) in [6.45, 7) is 4.17. The summed E-state index contributed by atoms with van der Waals surface area (Å²) in [5.41, 5.74) is 1.52. The van der Waals surface area contributed by atoms with Crippen molar-refractivity contribution in [1.82, 2.24) is 5.32 Å². The number of methoxy groups -OCH3 is 1. The Hall–Kier alpha value is -0.860. The number of benzene rings is 1. The Morgan fingerprint density at radius 1 is 1.16 bits per heavy atom. The molecule has 2 nitrogen and oxygen atoms in total. The Balaban J connectivity index is 1.71. The van der Waals surface area contributed by atoms with Crippen LogP contribution in [0.2, 0.25) is 0 Å². The molecule has 0 aromatic heterocycles. The van der Waals surface area contributed by atoms with Crippen LogP contribution in [0.15, 0.2) is 30.3 Å². The van der Waals surface area contributed by atoms with Crippen LogP contribution < -0.4 is 5.32 Å². The van der Waals surface area contributed by atoms with E-state index in [0.717, 1.165) is 19.1 Å². The van der Waals surface area contributed by atoms with E-state index >= 15 is 0 Å². The molecule has 19 heavy (non-hydrogen) atoms. The first-order chi connectivity index (χ1) is 9.29. The summed E-state index contributed by atoms with van der Waals surface area (Å²) in [6, 6.07) is 11.7. The van der Waals surface area contributed by atoms with E-state index in [1.807, 2.05) is 0 Å². The van der Waals surface area contributed by atoms with Crippen LogP contribution in [0.25, 0.3) is 0 Å². The van der Waals surface area contributed by atoms with Gasteiger partial charge in [-0.3, -0.25) is 0 Å². The fourth-order valence-electron chi connectivity index (χ4n) is 3.07. The van der Waals surface area contributed by atoms with Gasteiger partial charge in [-0.25, -0.2) is 0 Å². The second-order valence-electron chi connectivity index (χ2n) is 5.93. The van der Waals surface area contributed by atoms with E-state index in [-0.39, 0.29) is 0 Å². The third-order valence-electron chi connectivity index (χ3n) is 4.20.